The molecule has 0 unspecified atom stereocenters. The summed E-state index contributed by atoms with van der Waals surface area (Å²) in [5, 5.41) is 2.99. The normalized spacial score (nSPS) is 24.7. The molecule has 0 bridgehead atoms. The SMILES string of the molecule is C[C@@H]1[C@@H](C)CCC[C@H]1NC(=O)[C@@H](C)OC(=O)/C=C/c1ccccc1F. The van der Waals surface area contributed by atoms with E-state index in [1.165, 1.54) is 18.6 Å². The van der Waals surface area contributed by atoms with Gasteiger partial charge in [-0.2, -0.15) is 0 Å². The lowest BCUT2D eigenvalue weighted by atomic mass is 9.78. The Morgan fingerprint density at radius 3 is 2.72 bits per heavy atom. The Labute approximate surface area is 148 Å². The van der Waals surface area contributed by atoms with E-state index in [9.17, 15) is 14.0 Å². The minimum atomic E-state index is -0.887. The summed E-state index contributed by atoms with van der Waals surface area (Å²) in [6, 6.07) is 6.24. The molecule has 25 heavy (non-hydrogen) atoms. The zero-order valence-electron chi connectivity index (χ0n) is 15.0. The van der Waals surface area contributed by atoms with Gasteiger partial charge in [0.2, 0.25) is 0 Å². The first-order valence-corrected chi connectivity index (χ1v) is 8.82. The number of halogens is 1. The van der Waals surface area contributed by atoms with Crippen molar-refractivity contribution in [2.75, 3.05) is 0 Å². The average molecular weight is 347 g/mol. The van der Waals surface area contributed by atoms with Crippen LogP contribution in [0, 0.1) is 17.7 Å². The van der Waals surface area contributed by atoms with Crippen molar-refractivity contribution in [3.8, 4) is 0 Å². The predicted octanol–water partition coefficient (Wildman–Crippen LogP) is 3.71. The Hall–Kier alpha value is -2.17. The van der Waals surface area contributed by atoms with Gasteiger partial charge in [-0.3, -0.25) is 4.79 Å². The van der Waals surface area contributed by atoms with Crippen LogP contribution in [-0.2, 0) is 14.3 Å². The lowest BCUT2D eigenvalue weighted by molar-refractivity contribution is -0.150. The summed E-state index contributed by atoms with van der Waals surface area (Å²) in [7, 11) is 0. The fourth-order valence-corrected chi connectivity index (χ4v) is 3.12. The van der Waals surface area contributed by atoms with Crippen LogP contribution in [0.4, 0.5) is 4.39 Å². The van der Waals surface area contributed by atoms with Crippen molar-refractivity contribution >= 4 is 18.0 Å². The first-order valence-electron chi connectivity index (χ1n) is 8.82. The number of rotatable bonds is 5. The molecule has 1 aliphatic rings. The molecule has 4 nitrogen and oxygen atoms in total. The average Bonchev–Trinajstić information content (AvgIpc) is 2.58. The number of hydrogen-bond acceptors (Lipinski definition) is 3. The number of amides is 1. The van der Waals surface area contributed by atoms with E-state index in [2.05, 4.69) is 19.2 Å². The van der Waals surface area contributed by atoms with E-state index in [1.54, 1.807) is 25.1 Å². The van der Waals surface area contributed by atoms with Crippen molar-refractivity contribution < 1.29 is 18.7 Å². The predicted molar refractivity (Wildman–Crippen MR) is 95.1 cm³/mol. The monoisotopic (exact) mass is 347 g/mol. The highest BCUT2D eigenvalue weighted by Crippen LogP contribution is 2.29. The molecule has 1 N–H and O–H groups in total. The summed E-state index contributed by atoms with van der Waals surface area (Å²) in [4.78, 5) is 24.1. The molecule has 1 aromatic rings. The lowest BCUT2D eigenvalue weighted by Crippen LogP contribution is -2.47. The van der Waals surface area contributed by atoms with E-state index in [1.807, 2.05) is 0 Å². The Kier molecular flexibility index (Phi) is 6.73. The third kappa shape index (κ3) is 5.41. The minimum Gasteiger partial charge on any atom is -0.449 e. The molecular weight excluding hydrogens is 321 g/mol. The molecule has 1 fully saturated rings. The van der Waals surface area contributed by atoms with Crippen LogP contribution in [-0.4, -0.2) is 24.0 Å². The van der Waals surface area contributed by atoms with Gasteiger partial charge in [0.1, 0.15) is 5.82 Å². The van der Waals surface area contributed by atoms with Gasteiger partial charge < -0.3 is 10.1 Å². The van der Waals surface area contributed by atoms with E-state index in [-0.39, 0.29) is 11.9 Å². The summed E-state index contributed by atoms with van der Waals surface area (Å²) in [6.45, 7) is 5.88. The highest BCUT2D eigenvalue weighted by atomic mass is 19.1. The van der Waals surface area contributed by atoms with Gasteiger partial charge in [0.25, 0.3) is 5.91 Å². The second kappa shape index (κ2) is 8.79. The van der Waals surface area contributed by atoms with Gasteiger partial charge in [0, 0.05) is 17.7 Å². The zero-order valence-corrected chi connectivity index (χ0v) is 15.0. The van der Waals surface area contributed by atoms with E-state index in [4.69, 9.17) is 4.74 Å². The number of carbonyl (C=O) groups is 2. The van der Waals surface area contributed by atoms with Crippen LogP contribution in [0.2, 0.25) is 0 Å². The molecule has 0 heterocycles. The van der Waals surface area contributed by atoms with Gasteiger partial charge in [0.15, 0.2) is 6.10 Å². The van der Waals surface area contributed by atoms with E-state index in [0.29, 0.717) is 17.4 Å². The van der Waals surface area contributed by atoms with Crippen molar-refractivity contribution in [1.82, 2.24) is 5.32 Å². The molecule has 0 aromatic heterocycles. The highest BCUT2D eigenvalue weighted by Gasteiger charge is 2.29. The quantitative estimate of drug-likeness (QED) is 0.652. The van der Waals surface area contributed by atoms with E-state index < -0.39 is 17.9 Å². The molecule has 4 atom stereocenters. The van der Waals surface area contributed by atoms with E-state index >= 15 is 0 Å². The topological polar surface area (TPSA) is 55.4 Å². The maximum Gasteiger partial charge on any atom is 0.331 e. The van der Waals surface area contributed by atoms with Crippen LogP contribution < -0.4 is 5.32 Å². The zero-order chi connectivity index (χ0) is 18.4. The minimum absolute atomic E-state index is 0.117. The Balaban J connectivity index is 1.86. The Morgan fingerprint density at radius 2 is 2.00 bits per heavy atom. The second-order valence-corrected chi connectivity index (χ2v) is 6.82. The third-order valence-electron chi connectivity index (χ3n) is 5.00. The number of hydrogen-bond donors (Lipinski definition) is 1. The molecule has 0 radical (unpaired) electrons. The van der Waals surface area contributed by atoms with Crippen molar-refractivity contribution in [3.63, 3.8) is 0 Å². The summed E-state index contributed by atoms with van der Waals surface area (Å²) in [6.07, 6.45) is 4.81. The Bertz CT molecular complexity index is 644. The van der Waals surface area contributed by atoms with Crippen LogP contribution in [0.15, 0.2) is 30.3 Å². The molecule has 1 saturated carbocycles. The van der Waals surface area contributed by atoms with Crippen LogP contribution in [0.3, 0.4) is 0 Å². The number of nitrogens with one attached hydrogen (secondary N) is 1. The lowest BCUT2D eigenvalue weighted by Gasteiger charge is -2.35. The summed E-state index contributed by atoms with van der Waals surface area (Å²) in [5.74, 6) is -0.408. The van der Waals surface area contributed by atoms with Gasteiger partial charge in [0.05, 0.1) is 0 Å². The molecule has 1 aromatic carbocycles. The fraction of sp³-hybridized carbons (Fsp3) is 0.500. The van der Waals surface area contributed by atoms with E-state index in [0.717, 1.165) is 18.9 Å². The number of benzene rings is 1. The first-order chi connectivity index (χ1) is 11.9. The van der Waals surface area contributed by atoms with Gasteiger partial charge in [-0.15, -0.1) is 0 Å². The molecule has 1 amide bonds. The van der Waals surface area contributed by atoms with Crippen LogP contribution >= 0.6 is 0 Å². The smallest absolute Gasteiger partial charge is 0.331 e. The number of carbonyl (C=O) groups excluding carboxylic acids is 2. The Morgan fingerprint density at radius 1 is 1.28 bits per heavy atom. The summed E-state index contributed by atoms with van der Waals surface area (Å²) in [5.41, 5.74) is 0.293. The molecule has 0 aliphatic heterocycles. The van der Waals surface area contributed by atoms with Crippen molar-refractivity contribution in [3.05, 3.63) is 41.7 Å². The van der Waals surface area contributed by atoms with Crippen molar-refractivity contribution in [2.45, 2.75) is 52.2 Å². The van der Waals surface area contributed by atoms with Crippen molar-refractivity contribution in [2.24, 2.45) is 11.8 Å². The van der Waals surface area contributed by atoms with Crippen molar-refractivity contribution in [1.29, 1.82) is 0 Å². The summed E-state index contributed by atoms with van der Waals surface area (Å²) >= 11 is 0. The van der Waals surface area contributed by atoms with Crippen LogP contribution in [0.1, 0.15) is 45.6 Å². The number of ether oxygens (including phenoxy) is 1. The fourth-order valence-electron chi connectivity index (χ4n) is 3.12. The second-order valence-electron chi connectivity index (χ2n) is 6.82. The largest absolute Gasteiger partial charge is 0.449 e. The van der Waals surface area contributed by atoms with Crippen LogP contribution in [0.5, 0.6) is 0 Å². The maximum absolute atomic E-state index is 13.5. The van der Waals surface area contributed by atoms with Gasteiger partial charge in [-0.1, -0.05) is 44.9 Å². The molecule has 5 heteroatoms. The van der Waals surface area contributed by atoms with Gasteiger partial charge in [-0.05, 0) is 37.3 Å². The standard InChI is InChI=1S/C20H26FNO3/c1-13-7-6-10-18(14(13)2)22-20(24)15(3)25-19(23)12-11-16-8-4-5-9-17(16)21/h4-5,8-9,11-15,18H,6-7,10H2,1-3H3,(H,22,24)/b12-11+/t13-,14+,15+,18+/m0/s1. The van der Waals surface area contributed by atoms with Crippen LogP contribution in [0.25, 0.3) is 6.08 Å². The first kappa shape index (κ1) is 19.2. The molecule has 2 rings (SSSR count). The maximum atomic E-state index is 13.5. The molecular formula is C20H26FNO3. The third-order valence-corrected chi connectivity index (χ3v) is 5.00. The van der Waals surface area contributed by atoms with Gasteiger partial charge >= 0.3 is 5.97 Å². The summed E-state index contributed by atoms with van der Waals surface area (Å²) < 4.78 is 18.6. The van der Waals surface area contributed by atoms with Gasteiger partial charge in [-0.25, -0.2) is 9.18 Å². The molecule has 136 valence electrons. The molecule has 0 saturated heterocycles. The highest BCUT2D eigenvalue weighted by molar-refractivity contribution is 5.90. The molecule has 0 spiro atoms. The molecule has 1 aliphatic carbocycles. The number of esters is 1.